The molecule has 0 radical (unpaired) electrons. The van der Waals surface area contributed by atoms with Crippen LogP contribution in [0.1, 0.15) is 41.5 Å². The van der Waals surface area contributed by atoms with E-state index in [4.69, 9.17) is 14.5 Å². The molecule has 0 rings (SSSR count). The lowest BCUT2D eigenvalue weighted by molar-refractivity contribution is -0.341. The van der Waals surface area contributed by atoms with Gasteiger partial charge in [0.25, 0.3) is 0 Å². The van der Waals surface area contributed by atoms with E-state index in [9.17, 15) is 4.79 Å². The van der Waals surface area contributed by atoms with E-state index in [2.05, 4.69) is 0 Å². The normalized spacial score (nSPS) is 13.1. The van der Waals surface area contributed by atoms with Gasteiger partial charge in [-0.1, -0.05) is 0 Å². The summed E-state index contributed by atoms with van der Waals surface area (Å²) in [5.74, 6) is -0.383. The molecule has 0 aliphatic heterocycles. The maximum atomic E-state index is 11.2. The Hall–Kier alpha value is -0.870. The summed E-state index contributed by atoms with van der Waals surface area (Å²) in [6.45, 7) is 11.3. The minimum absolute atomic E-state index is 0.219. The molecule has 0 bridgehead atoms. The second-order valence-corrected chi connectivity index (χ2v) is 5.42. The summed E-state index contributed by atoms with van der Waals surface area (Å²) >= 11 is 0. The van der Waals surface area contributed by atoms with Crippen LogP contribution in [0.5, 0.6) is 0 Å². The molecule has 0 aromatic carbocycles. The number of esters is 1. The quantitative estimate of drug-likeness (QED) is 0.245. The highest BCUT2D eigenvalue weighted by atomic mass is 17.2. The predicted octanol–water partition coefficient (Wildman–Crippen LogP) is 2.63. The van der Waals surface area contributed by atoms with Crippen LogP contribution in [0.15, 0.2) is 12.2 Å². The van der Waals surface area contributed by atoms with E-state index in [1.54, 1.807) is 6.08 Å². The van der Waals surface area contributed by atoms with E-state index in [-0.39, 0.29) is 18.2 Å². The summed E-state index contributed by atoms with van der Waals surface area (Å²) in [4.78, 5) is 21.1. The second-order valence-electron chi connectivity index (χ2n) is 5.42. The molecule has 4 nitrogen and oxygen atoms in total. The minimum Gasteiger partial charge on any atom is -0.457 e. The first-order chi connectivity index (χ1) is 7.10. The first-order valence-electron chi connectivity index (χ1n) is 5.30. The maximum absolute atomic E-state index is 11.2. The molecule has 0 unspecified atom stereocenters. The SMILES string of the molecule is CC(C)(C)OOC/C=C/C(=O)OC(C)(C)C. The van der Waals surface area contributed by atoms with Crippen molar-refractivity contribution in [3.8, 4) is 0 Å². The van der Waals surface area contributed by atoms with Crippen LogP contribution >= 0.6 is 0 Å². The highest BCUT2D eigenvalue weighted by molar-refractivity contribution is 5.82. The van der Waals surface area contributed by atoms with Gasteiger partial charge in [-0.2, -0.15) is 0 Å². The molecule has 16 heavy (non-hydrogen) atoms. The molecule has 0 aromatic heterocycles. The number of carbonyl (C=O) groups excluding carboxylic acids is 1. The number of hydrogen-bond donors (Lipinski definition) is 0. The summed E-state index contributed by atoms with van der Waals surface area (Å²) in [5.41, 5.74) is -0.816. The molecule has 0 saturated heterocycles. The Morgan fingerprint density at radius 3 is 2.06 bits per heavy atom. The summed E-state index contributed by atoms with van der Waals surface area (Å²) in [5, 5.41) is 0. The molecule has 0 aliphatic carbocycles. The van der Waals surface area contributed by atoms with Gasteiger partial charge in [-0.15, -0.1) is 0 Å². The highest BCUT2D eigenvalue weighted by Crippen LogP contribution is 2.08. The van der Waals surface area contributed by atoms with Gasteiger partial charge >= 0.3 is 5.97 Å². The van der Waals surface area contributed by atoms with Crippen molar-refractivity contribution in [2.75, 3.05) is 6.61 Å². The molecule has 0 aromatic rings. The summed E-state index contributed by atoms with van der Waals surface area (Å²) in [6, 6.07) is 0. The first kappa shape index (κ1) is 15.1. The third-order valence-corrected chi connectivity index (χ3v) is 1.13. The van der Waals surface area contributed by atoms with Gasteiger partial charge in [0, 0.05) is 6.08 Å². The van der Waals surface area contributed by atoms with Crippen molar-refractivity contribution in [2.24, 2.45) is 0 Å². The topological polar surface area (TPSA) is 44.8 Å². The van der Waals surface area contributed by atoms with E-state index in [1.807, 2.05) is 41.5 Å². The lowest BCUT2D eigenvalue weighted by Crippen LogP contribution is -2.22. The smallest absolute Gasteiger partial charge is 0.331 e. The minimum atomic E-state index is -0.468. The first-order valence-corrected chi connectivity index (χ1v) is 5.30. The lowest BCUT2D eigenvalue weighted by Gasteiger charge is -2.18. The zero-order chi connectivity index (χ0) is 12.8. The zero-order valence-corrected chi connectivity index (χ0v) is 11.0. The van der Waals surface area contributed by atoms with Gasteiger partial charge < -0.3 is 4.74 Å². The molecular formula is C12H22O4. The summed E-state index contributed by atoms with van der Waals surface area (Å²) in [7, 11) is 0. The monoisotopic (exact) mass is 230 g/mol. The third-order valence-electron chi connectivity index (χ3n) is 1.13. The van der Waals surface area contributed by atoms with E-state index in [1.165, 1.54) is 6.08 Å². The van der Waals surface area contributed by atoms with Crippen LogP contribution in [0.25, 0.3) is 0 Å². The molecule has 0 amide bonds. The fourth-order valence-corrected chi connectivity index (χ4v) is 0.730. The largest absolute Gasteiger partial charge is 0.457 e. The third kappa shape index (κ3) is 11.2. The number of carbonyl (C=O) groups is 1. The molecule has 0 fully saturated rings. The van der Waals surface area contributed by atoms with Crippen LogP contribution in [-0.4, -0.2) is 23.8 Å². The average Bonchev–Trinajstić information content (AvgIpc) is 1.97. The van der Waals surface area contributed by atoms with Gasteiger partial charge in [-0.25, -0.2) is 14.6 Å². The average molecular weight is 230 g/mol. The molecule has 0 heterocycles. The van der Waals surface area contributed by atoms with Crippen molar-refractivity contribution in [1.82, 2.24) is 0 Å². The fraction of sp³-hybridized carbons (Fsp3) is 0.750. The van der Waals surface area contributed by atoms with Crippen LogP contribution in [0.2, 0.25) is 0 Å². The molecule has 0 atom stereocenters. The van der Waals surface area contributed by atoms with E-state index in [0.717, 1.165) is 0 Å². The van der Waals surface area contributed by atoms with Crippen LogP contribution < -0.4 is 0 Å². The predicted molar refractivity (Wildman–Crippen MR) is 61.8 cm³/mol. The van der Waals surface area contributed by atoms with Crippen molar-refractivity contribution < 1.29 is 19.3 Å². The molecule has 0 aliphatic rings. The van der Waals surface area contributed by atoms with Crippen LogP contribution in [-0.2, 0) is 19.3 Å². The van der Waals surface area contributed by atoms with Crippen LogP contribution in [0, 0.1) is 0 Å². The number of rotatable bonds is 4. The van der Waals surface area contributed by atoms with Crippen molar-refractivity contribution in [2.45, 2.75) is 52.7 Å². The van der Waals surface area contributed by atoms with Gasteiger partial charge in [0.2, 0.25) is 0 Å². The Labute approximate surface area is 97.5 Å². The molecule has 0 saturated carbocycles. The Kier molecular flexibility index (Phi) is 5.68. The molecular weight excluding hydrogens is 208 g/mol. The summed E-state index contributed by atoms with van der Waals surface area (Å²) < 4.78 is 5.06. The zero-order valence-electron chi connectivity index (χ0n) is 11.0. The second kappa shape index (κ2) is 6.01. The van der Waals surface area contributed by atoms with Gasteiger partial charge in [-0.3, -0.25) is 0 Å². The van der Waals surface area contributed by atoms with Crippen LogP contribution in [0.4, 0.5) is 0 Å². The number of hydrogen-bond acceptors (Lipinski definition) is 4. The van der Waals surface area contributed by atoms with Crippen molar-refractivity contribution >= 4 is 5.97 Å². The van der Waals surface area contributed by atoms with Crippen LogP contribution in [0.3, 0.4) is 0 Å². The van der Waals surface area contributed by atoms with Crippen molar-refractivity contribution in [1.29, 1.82) is 0 Å². The van der Waals surface area contributed by atoms with Gasteiger partial charge in [0.1, 0.15) is 12.2 Å². The van der Waals surface area contributed by atoms with Gasteiger partial charge in [-0.05, 0) is 47.6 Å². The van der Waals surface area contributed by atoms with E-state index < -0.39 is 5.60 Å². The van der Waals surface area contributed by atoms with E-state index in [0.29, 0.717) is 0 Å². The molecule has 4 heteroatoms. The lowest BCUT2D eigenvalue weighted by atomic mass is 10.2. The van der Waals surface area contributed by atoms with E-state index >= 15 is 0 Å². The highest BCUT2D eigenvalue weighted by Gasteiger charge is 2.14. The summed E-state index contributed by atoms with van der Waals surface area (Å²) in [6.07, 6.45) is 2.89. The Bertz CT molecular complexity index is 243. The molecule has 0 spiro atoms. The van der Waals surface area contributed by atoms with Gasteiger partial charge in [0.05, 0.1) is 5.60 Å². The Morgan fingerprint density at radius 1 is 1.06 bits per heavy atom. The van der Waals surface area contributed by atoms with Gasteiger partial charge in [0.15, 0.2) is 0 Å². The molecule has 94 valence electrons. The maximum Gasteiger partial charge on any atom is 0.331 e. The standard InChI is InChI=1S/C12H22O4/c1-11(2,3)15-10(13)8-7-9-14-16-12(4,5)6/h7-8H,9H2,1-6H3/b8-7+. The van der Waals surface area contributed by atoms with Crippen molar-refractivity contribution in [3.63, 3.8) is 0 Å². The Balaban J connectivity index is 3.73. The number of ether oxygens (including phenoxy) is 1. The van der Waals surface area contributed by atoms with Crippen molar-refractivity contribution in [3.05, 3.63) is 12.2 Å². The molecule has 0 N–H and O–H groups in total. The fourth-order valence-electron chi connectivity index (χ4n) is 0.730. The Morgan fingerprint density at radius 2 is 1.62 bits per heavy atom.